The van der Waals surface area contributed by atoms with Crippen LogP contribution in [0.4, 0.5) is 0 Å². The highest BCUT2D eigenvalue weighted by molar-refractivity contribution is 6.05. The number of nitrogens with zero attached hydrogens (tertiary/aromatic N) is 1. The first-order chi connectivity index (χ1) is 13.6. The van der Waals surface area contributed by atoms with Gasteiger partial charge in [0.25, 0.3) is 0 Å². The van der Waals surface area contributed by atoms with Crippen molar-refractivity contribution in [2.24, 2.45) is 11.1 Å². The Morgan fingerprint density at radius 1 is 0.929 bits per heavy atom. The molecule has 1 aliphatic carbocycles. The summed E-state index contributed by atoms with van der Waals surface area (Å²) in [4.78, 5) is 26.8. The van der Waals surface area contributed by atoms with E-state index in [9.17, 15) is 9.59 Å². The van der Waals surface area contributed by atoms with Crippen molar-refractivity contribution in [2.45, 2.75) is 57.2 Å². The van der Waals surface area contributed by atoms with Crippen LogP contribution in [0.5, 0.6) is 0 Å². The standard InChI is InChI=1S/C20H34N2O6/c21-18(23)20(6-5-7-20)19(24)22(8-1-3-10-25-12-16-14-27-16)9-2-4-11-26-13-17-15-28-17/h16-17H,1-15H2,(H2,21,23). The predicted octanol–water partition coefficient (Wildman–Crippen LogP) is 0.862. The number of ether oxygens (including phenoxy) is 4. The first-order valence-electron chi connectivity index (χ1n) is 10.6. The molecule has 0 bridgehead atoms. The van der Waals surface area contributed by atoms with Gasteiger partial charge in [-0.05, 0) is 38.5 Å². The third kappa shape index (κ3) is 6.40. The average molecular weight is 399 g/mol. The minimum Gasteiger partial charge on any atom is -0.379 e. The third-order valence-electron chi connectivity index (χ3n) is 5.72. The van der Waals surface area contributed by atoms with E-state index in [-0.39, 0.29) is 18.1 Å². The molecule has 0 aromatic carbocycles. The molecule has 28 heavy (non-hydrogen) atoms. The van der Waals surface area contributed by atoms with Gasteiger partial charge in [0.1, 0.15) is 17.6 Å². The van der Waals surface area contributed by atoms with Crippen LogP contribution in [0.3, 0.4) is 0 Å². The van der Waals surface area contributed by atoms with Crippen LogP contribution in [-0.2, 0) is 28.5 Å². The number of amides is 2. The molecule has 3 rings (SSSR count). The molecule has 2 saturated heterocycles. The van der Waals surface area contributed by atoms with E-state index in [0.29, 0.717) is 52.4 Å². The number of nitrogens with two attached hydrogens (primary N) is 1. The van der Waals surface area contributed by atoms with Gasteiger partial charge in [-0.2, -0.15) is 0 Å². The number of primary amides is 1. The van der Waals surface area contributed by atoms with Crippen molar-refractivity contribution < 1.29 is 28.5 Å². The van der Waals surface area contributed by atoms with Gasteiger partial charge in [0, 0.05) is 26.3 Å². The zero-order valence-corrected chi connectivity index (χ0v) is 16.7. The molecule has 8 heteroatoms. The molecular formula is C20H34N2O6. The van der Waals surface area contributed by atoms with Gasteiger partial charge in [0.05, 0.1) is 26.4 Å². The summed E-state index contributed by atoms with van der Waals surface area (Å²) in [5.41, 5.74) is 4.61. The maximum atomic E-state index is 13.1. The zero-order chi connectivity index (χ0) is 19.8. The second-order valence-corrected chi connectivity index (χ2v) is 8.07. The van der Waals surface area contributed by atoms with Crippen LogP contribution < -0.4 is 5.73 Å². The molecule has 2 N–H and O–H groups in total. The topological polar surface area (TPSA) is 107 Å². The summed E-state index contributed by atoms with van der Waals surface area (Å²) in [6.45, 7) is 5.50. The van der Waals surface area contributed by atoms with Crippen LogP contribution in [0.2, 0.25) is 0 Å². The average Bonchev–Trinajstić information content (AvgIpc) is 3.52. The van der Waals surface area contributed by atoms with Crippen molar-refractivity contribution in [2.75, 3.05) is 52.7 Å². The quantitative estimate of drug-likeness (QED) is 0.235. The minimum absolute atomic E-state index is 0.0918. The SMILES string of the molecule is NC(=O)C1(C(=O)N(CCCCOCC2CO2)CCCCOCC2CO2)CCC1. The minimum atomic E-state index is -0.973. The van der Waals surface area contributed by atoms with E-state index < -0.39 is 11.3 Å². The lowest BCUT2D eigenvalue weighted by molar-refractivity contribution is -0.155. The maximum absolute atomic E-state index is 13.1. The summed E-state index contributed by atoms with van der Waals surface area (Å²) in [6.07, 6.45) is 6.05. The summed E-state index contributed by atoms with van der Waals surface area (Å²) in [6, 6.07) is 0. The molecule has 2 amide bonds. The van der Waals surface area contributed by atoms with Crippen molar-refractivity contribution in [3.63, 3.8) is 0 Å². The van der Waals surface area contributed by atoms with Gasteiger partial charge in [-0.1, -0.05) is 6.42 Å². The van der Waals surface area contributed by atoms with E-state index in [1.54, 1.807) is 0 Å². The Morgan fingerprint density at radius 3 is 1.79 bits per heavy atom. The lowest BCUT2D eigenvalue weighted by Gasteiger charge is -2.41. The van der Waals surface area contributed by atoms with Crippen LogP contribution in [0.15, 0.2) is 0 Å². The van der Waals surface area contributed by atoms with Crippen LogP contribution >= 0.6 is 0 Å². The molecule has 0 aromatic heterocycles. The number of carbonyl (C=O) groups excluding carboxylic acids is 2. The van der Waals surface area contributed by atoms with Gasteiger partial charge < -0.3 is 29.6 Å². The Labute approximate surface area is 167 Å². The molecule has 0 aromatic rings. The Kier molecular flexibility index (Phi) is 8.08. The van der Waals surface area contributed by atoms with Crippen LogP contribution in [-0.4, -0.2) is 81.7 Å². The van der Waals surface area contributed by atoms with Crippen molar-refractivity contribution in [3.05, 3.63) is 0 Å². The van der Waals surface area contributed by atoms with Crippen molar-refractivity contribution in [3.8, 4) is 0 Å². The molecule has 3 fully saturated rings. The number of hydrogen-bond acceptors (Lipinski definition) is 6. The molecule has 3 aliphatic rings. The number of epoxide rings is 2. The van der Waals surface area contributed by atoms with Gasteiger partial charge in [-0.15, -0.1) is 0 Å². The Hall–Kier alpha value is -1.22. The molecule has 0 spiro atoms. The first kappa shape index (κ1) is 21.5. The molecule has 8 nitrogen and oxygen atoms in total. The van der Waals surface area contributed by atoms with Gasteiger partial charge in [0.2, 0.25) is 11.8 Å². The summed E-state index contributed by atoms with van der Waals surface area (Å²) in [5.74, 6) is -0.569. The molecule has 2 atom stereocenters. The van der Waals surface area contributed by atoms with Crippen LogP contribution in [0, 0.1) is 5.41 Å². The first-order valence-corrected chi connectivity index (χ1v) is 10.6. The van der Waals surface area contributed by atoms with E-state index in [4.69, 9.17) is 24.7 Å². The van der Waals surface area contributed by atoms with E-state index in [1.165, 1.54) is 0 Å². The van der Waals surface area contributed by atoms with E-state index in [0.717, 1.165) is 45.3 Å². The summed E-state index contributed by atoms with van der Waals surface area (Å²) >= 11 is 0. The normalized spacial score (nSPS) is 24.4. The second kappa shape index (κ2) is 10.5. The molecule has 0 radical (unpaired) electrons. The maximum Gasteiger partial charge on any atom is 0.238 e. The second-order valence-electron chi connectivity index (χ2n) is 8.07. The number of rotatable bonds is 16. The van der Waals surface area contributed by atoms with Gasteiger partial charge in [0.15, 0.2) is 0 Å². The highest BCUT2D eigenvalue weighted by Crippen LogP contribution is 2.42. The van der Waals surface area contributed by atoms with Crippen LogP contribution in [0.25, 0.3) is 0 Å². The molecule has 1 saturated carbocycles. The summed E-state index contributed by atoms with van der Waals surface area (Å²) in [7, 11) is 0. The molecule has 2 aliphatic heterocycles. The Balaban J connectivity index is 1.37. The highest BCUT2D eigenvalue weighted by atomic mass is 16.6. The lowest BCUT2D eigenvalue weighted by Crippen LogP contribution is -2.55. The zero-order valence-electron chi connectivity index (χ0n) is 16.7. The van der Waals surface area contributed by atoms with Gasteiger partial charge in [-0.25, -0.2) is 0 Å². The fraction of sp³-hybridized carbons (Fsp3) is 0.900. The van der Waals surface area contributed by atoms with Gasteiger partial charge >= 0.3 is 0 Å². The summed E-state index contributed by atoms with van der Waals surface area (Å²) in [5, 5.41) is 0. The van der Waals surface area contributed by atoms with Crippen molar-refractivity contribution in [1.82, 2.24) is 4.90 Å². The van der Waals surface area contributed by atoms with Gasteiger partial charge in [-0.3, -0.25) is 9.59 Å². The van der Waals surface area contributed by atoms with E-state index in [1.807, 2.05) is 4.90 Å². The third-order valence-corrected chi connectivity index (χ3v) is 5.72. The molecule has 2 unspecified atom stereocenters. The molecule has 2 heterocycles. The number of hydrogen-bond donors (Lipinski definition) is 1. The van der Waals surface area contributed by atoms with E-state index >= 15 is 0 Å². The Bertz CT molecular complexity index is 493. The molecule has 160 valence electrons. The van der Waals surface area contributed by atoms with Crippen molar-refractivity contribution >= 4 is 11.8 Å². The fourth-order valence-electron chi connectivity index (χ4n) is 3.49. The van der Waals surface area contributed by atoms with E-state index in [2.05, 4.69) is 0 Å². The molecular weight excluding hydrogens is 364 g/mol. The van der Waals surface area contributed by atoms with Crippen LogP contribution in [0.1, 0.15) is 44.9 Å². The lowest BCUT2D eigenvalue weighted by atomic mass is 9.67. The largest absolute Gasteiger partial charge is 0.379 e. The summed E-state index contributed by atoms with van der Waals surface area (Å²) < 4.78 is 21.3. The van der Waals surface area contributed by atoms with Crippen molar-refractivity contribution in [1.29, 1.82) is 0 Å². The number of carbonyl (C=O) groups is 2. The predicted molar refractivity (Wildman–Crippen MR) is 102 cm³/mol. The Morgan fingerprint density at radius 2 is 1.43 bits per heavy atom. The number of unbranched alkanes of at least 4 members (excludes halogenated alkanes) is 2. The smallest absolute Gasteiger partial charge is 0.238 e. The highest BCUT2D eigenvalue weighted by Gasteiger charge is 2.51. The monoisotopic (exact) mass is 398 g/mol. The fourth-order valence-corrected chi connectivity index (χ4v) is 3.49.